The number of carbonyl (C=O) groups excluding carboxylic acids is 2. The quantitative estimate of drug-likeness (QED) is 0.689. The van der Waals surface area contributed by atoms with Crippen LogP contribution in [0, 0.1) is 5.92 Å². The van der Waals surface area contributed by atoms with Crippen molar-refractivity contribution in [3.63, 3.8) is 0 Å². The smallest absolute Gasteiger partial charge is 0.241 e. The molecule has 19 heavy (non-hydrogen) atoms. The van der Waals surface area contributed by atoms with Crippen LogP contribution in [0.2, 0.25) is 0 Å². The summed E-state index contributed by atoms with van der Waals surface area (Å²) in [6.07, 6.45) is 5.14. The summed E-state index contributed by atoms with van der Waals surface area (Å²) in [5.74, 6) is -0.111. The van der Waals surface area contributed by atoms with Crippen LogP contribution in [-0.4, -0.2) is 41.7 Å². The maximum absolute atomic E-state index is 12.0. The van der Waals surface area contributed by atoms with Crippen LogP contribution >= 0.6 is 0 Å². The number of hydrogen-bond donors (Lipinski definition) is 3. The van der Waals surface area contributed by atoms with Gasteiger partial charge in [0.05, 0.1) is 17.8 Å². The SMILES string of the molecule is CNC(=O)Cn1cc(NC(=O)[C@H]2CCCNC2)cn1. The highest BCUT2D eigenvalue weighted by Gasteiger charge is 2.21. The standard InChI is InChI=1S/C12H19N5O2/c1-13-11(18)8-17-7-10(6-15-17)16-12(19)9-3-2-4-14-5-9/h6-7,9,14H,2-5,8H2,1H3,(H,13,18)(H,16,19)/t9-/m0/s1. The molecule has 1 aliphatic rings. The van der Waals surface area contributed by atoms with E-state index >= 15 is 0 Å². The molecule has 0 saturated carbocycles. The molecule has 2 amide bonds. The van der Waals surface area contributed by atoms with Crippen LogP contribution in [0.5, 0.6) is 0 Å². The van der Waals surface area contributed by atoms with E-state index < -0.39 is 0 Å². The zero-order chi connectivity index (χ0) is 13.7. The van der Waals surface area contributed by atoms with Crippen LogP contribution in [0.25, 0.3) is 0 Å². The lowest BCUT2D eigenvalue weighted by molar-refractivity contribution is -0.121. The molecule has 0 bridgehead atoms. The molecular weight excluding hydrogens is 246 g/mol. The maximum atomic E-state index is 12.0. The molecule has 2 rings (SSSR count). The minimum Gasteiger partial charge on any atom is -0.358 e. The van der Waals surface area contributed by atoms with Gasteiger partial charge in [0.25, 0.3) is 0 Å². The monoisotopic (exact) mass is 265 g/mol. The topological polar surface area (TPSA) is 88.0 Å². The predicted octanol–water partition coefficient (Wildman–Crippen LogP) is -0.433. The van der Waals surface area contributed by atoms with E-state index in [-0.39, 0.29) is 24.3 Å². The first kappa shape index (κ1) is 13.5. The molecule has 0 spiro atoms. The number of piperidine rings is 1. The Morgan fingerprint density at radius 1 is 1.58 bits per heavy atom. The van der Waals surface area contributed by atoms with Crippen molar-refractivity contribution >= 4 is 17.5 Å². The van der Waals surface area contributed by atoms with Crippen molar-refractivity contribution in [2.45, 2.75) is 19.4 Å². The zero-order valence-electron chi connectivity index (χ0n) is 11.0. The molecule has 0 unspecified atom stereocenters. The second-order valence-electron chi connectivity index (χ2n) is 4.63. The molecule has 2 heterocycles. The molecule has 1 aromatic rings. The second-order valence-corrected chi connectivity index (χ2v) is 4.63. The van der Waals surface area contributed by atoms with E-state index in [1.807, 2.05) is 0 Å². The fraction of sp³-hybridized carbons (Fsp3) is 0.583. The van der Waals surface area contributed by atoms with E-state index in [1.54, 1.807) is 19.4 Å². The number of likely N-dealkylation sites (N-methyl/N-ethyl adjacent to an activating group) is 1. The Morgan fingerprint density at radius 2 is 2.42 bits per heavy atom. The van der Waals surface area contributed by atoms with Gasteiger partial charge in [-0.25, -0.2) is 0 Å². The van der Waals surface area contributed by atoms with E-state index in [2.05, 4.69) is 21.0 Å². The first-order valence-corrected chi connectivity index (χ1v) is 6.43. The van der Waals surface area contributed by atoms with Crippen molar-refractivity contribution < 1.29 is 9.59 Å². The molecule has 3 N–H and O–H groups in total. The Bertz CT molecular complexity index is 451. The van der Waals surface area contributed by atoms with Gasteiger partial charge in [0.1, 0.15) is 6.54 Å². The molecular formula is C12H19N5O2. The number of amides is 2. The van der Waals surface area contributed by atoms with Crippen molar-refractivity contribution in [2.24, 2.45) is 5.92 Å². The molecule has 0 aromatic carbocycles. The van der Waals surface area contributed by atoms with Gasteiger partial charge in [-0.05, 0) is 19.4 Å². The maximum Gasteiger partial charge on any atom is 0.241 e. The van der Waals surface area contributed by atoms with Gasteiger partial charge in [-0.2, -0.15) is 5.10 Å². The summed E-state index contributed by atoms with van der Waals surface area (Å²) < 4.78 is 1.49. The third kappa shape index (κ3) is 3.78. The van der Waals surface area contributed by atoms with Crippen LogP contribution in [0.4, 0.5) is 5.69 Å². The number of nitrogens with zero attached hydrogens (tertiary/aromatic N) is 2. The number of rotatable bonds is 4. The summed E-state index contributed by atoms with van der Waals surface area (Å²) in [5, 5.41) is 12.6. The molecule has 1 saturated heterocycles. The normalized spacial score (nSPS) is 18.9. The third-order valence-corrected chi connectivity index (χ3v) is 3.15. The number of nitrogens with one attached hydrogen (secondary N) is 3. The van der Waals surface area contributed by atoms with Gasteiger partial charge in [0.2, 0.25) is 11.8 Å². The molecule has 0 radical (unpaired) electrons. The van der Waals surface area contributed by atoms with Crippen LogP contribution in [0.3, 0.4) is 0 Å². The van der Waals surface area contributed by atoms with Crippen LogP contribution in [-0.2, 0) is 16.1 Å². The lowest BCUT2D eigenvalue weighted by atomic mass is 9.99. The number of anilines is 1. The third-order valence-electron chi connectivity index (χ3n) is 3.15. The minimum atomic E-state index is -0.127. The molecule has 1 atom stereocenters. The molecule has 1 fully saturated rings. The van der Waals surface area contributed by atoms with Gasteiger partial charge in [-0.1, -0.05) is 0 Å². The minimum absolute atomic E-state index is 0.00620. The Hall–Kier alpha value is -1.89. The van der Waals surface area contributed by atoms with Gasteiger partial charge in [-0.15, -0.1) is 0 Å². The lowest BCUT2D eigenvalue weighted by Crippen LogP contribution is -2.37. The average Bonchev–Trinajstić information content (AvgIpc) is 2.86. The van der Waals surface area contributed by atoms with Crippen LogP contribution in [0.15, 0.2) is 12.4 Å². The first-order chi connectivity index (χ1) is 9.19. The largest absolute Gasteiger partial charge is 0.358 e. The summed E-state index contributed by atoms with van der Waals surface area (Å²) in [7, 11) is 1.57. The van der Waals surface area contributed by atoms with Crippen molar-refractivity contribution in [3.05, 3.63) is 12.4 Å². The van der Waals surface area contributed by atoms with Gasteiger partial charge in [0, 0.05) is 19.8 Å². The molecule has 1 aliphatic heterocycles. The molecule has 0 aliphatic carbocycles. The lowest BCUT2D eigenvalue weighted by Gasteiger charge is -2.21. The zero-order valence-corrected chi connectivity index (χ0v) is 11.0. The Morgan fingerprint density at radius 3 is 3.11 bits per heavy atom. The van der Waals surface area contributed by atoms with Crippen molar-refractivity contribution in [3.8, 4) is 0 Å². The second kappa shape index (κ2) is 6.33. The van der Waals surface area contributed by atoms with E-state index in [0.29, 0.717) is 5.69 Å². The van der Waals surface area contributed by atoms with Crippen molar-refractivity contribution in [1.29, 1.82) is 0 Å². The molecule has 7 heteroatoms. The summed E-state index contributed by atoms with van der Waals surface area (Å²) in [4.78, 5) is 23.2. The summed E-state index contributed by atoms with van der Waals surface area (Å²) >= 11 is 0. The van der Waals surface area contributed by atoms with Gasteiger partial charge in [0.15, 0.2) is 0 Å². The van der Waals surface area contributed by atoms with Gasteiger partial charge >= 0.3 is 0 Å². The number of aromatic nitrogens is 2. The fourth-order valence-electron chi connectivity index (χ4n) is 2.06. The van der Waals surface area contributed by atoms with E-state index in [9.17, 15) is 9.59 Å². The van der Waals surface area contributed by atoms with Crippen LogP contribution in [0.1, 0.15) is 12.8 Å². The summed E-state index contributed by atoms with van der Waals surface area (Å²) in [6, 6.07) is 0. The Kier molecular flexibility index (Phi) is 4.51. The van der Waals surface area contributed by atoms with Crippen LogP contribution < -0.4 is 16.0 Å². The highest BCUT2D eigenvalue weighted by molar-refractivity contribution is 5.92. The van der Waals surface area contributed by atoms with Gasteiger partial charge < -0.3 is 16.0 Å². The van der Waals surface area contributed by atoms with Crippen molar-refractivity contribution in [1.82, 2.24) is 20.4 Å². The first-order valence-electron chi connectivity index (χ1n) is 6.43. The number of hydrogen-bond acceptors (Lipinski definition) is 4. The number of carbonyl (C=O) groups is 2. The van der Waals surface area contributed by atoms with Gasteiger partial charge in [-0.3, -0.25) is 14.3 Å². The highest BCUT2D eigenvalue weighted by atomic mass is 16.2. The summed E-state index contributed by atoms with van der Waals surface area (Å²) in [5.41, 5.74) is 0.625. The Labute approximate surface area is 111 Å². The predicted molar refractivity (Wildman–Crippen MR) is 70.5 cm³/mol. The molecule has 7 nitrogen and oxygen atoms in total. The highest BCUT2D eigenvalue weighted by Crippen LogP contribution is 2.13. The van der Waals surface area contributed by atoms with E-state index in [0.717, 1.165) is 25.9 Å². The van der Waals surface area contributed by atoms with E-state index in [4.69, 9.17) is 0 Å². The molecule has 1 aromatic heterocycles. The van der Waals surface area contributed by atoms with E-state index in [1.165, 1.54) is 4.68 Å². The molecule has 104 valence electrons. The van der Waals surface area contributed by atoms with Crippen molar-refractivity contribution in [2.75, 3.05) is 25.5 Å². The Balaban J connectivity index is 1.88. The average molecular weight is 265 g/mol. The fourth-order valence-corrected chi connectivity index (χ4v) is 2.06. The summed E-state index contributed by atoms with van der Waals surface area (Å²) in [6.45, 7) is 1.85.